The molecule has 32 heavy (non-hydrogen) atoms. The zero-order chi connectivity index (χ0) is 21.9. The number of nitrogens with zero attached hydrogens (tertiary/aromatic N) is 3. The molecule has 1 fully saturated rings. The SMILES string of the molecule is CCc1nnc(NC2CCN(Cc3ccc4ccccc4c3)CC2)c2cc(OC)ccc12. The van der Waals surface area contributed by atoms with Crippen molar-refractivity contribution < 1.29 is 4.74 Å². The van der Waals surface area contributed by atoms with Crippen LogP contribution < -0.4 is 10.1 Å². The van der Waals surface area contributed by atoms with E-state index in [0.29, 0.717) is 6.04 Å². The third-order valence-corrected chi connectivity index (χ3v) is 6.55. The summed E-state index contributed by atoms with van der Waals surface area (Å²) in [6.45, 7) is 5.27. The Morgan fingerprint density at radius 3 is 2.53 bits per heavy atom. The van der Waals surface area contributed by atoms with Crippen LogP contribution in [0.15, 0.2) is 60.7 Å². The van der Waals surface area contributed by atoms with Gasteiger partial charge in [0.15, 0.2) is 5.82 Å². The molecule has 1 N–H and O–H groups in total. The molecular weight excluding hydrogens is 396 g/mol. The first-order chi connectivity index (χ1) is 15.7. The van der Waals surface area contributed by atoms with E-state index in [1.807, 2.05) is 6.07 Å². The number of fused-ring (bicyclic) bond motifs is 2. The number of aromatic nitrogens is 2. The van der Waals surface area contributed by atoms with Crippen LogP contribution in [0.25, 0.3) is 21.5 Å². The standard InChI is InChI=1S/C27H30N4O/c1-3-26-24-11-10-23(32-2)17-25(24)27(30-29-26)28-22-12-14-31(15-13-22)18-19-8-9-20-6-4-5-7-21(20)16-19/h4-11,16-17,22H,3,12-15,18H2,1-2H3,(H,28,30). The van der Waals surface area contributed by atoms with Crippen molar-refractivity contribution in [2.75, 3.05) is 25.5 Å². The fourth-order valence-corrected chi connectivity index (χ4v) is 4.71. The molecule has 0 saturated carbocycles. The number of methoxy groups -OCH3 is 1. The van der Waals surface area contributed by atoms with Gasteiger partial charge < -0.3 is 10.1 Å². The quantitative estimate of drug-likeness (QED) is 0.445. The molecule has 1 aliphatic heterocycles. The van der Waals surface area contributed by atoms with Gasteiger partial charge in [0.25, 0.3) is 0 Å². The number of anilines is 1. The van der Waals surface area contributed by atoms with Crippen LogP contribution in [0.5, 0.6) is 5.75 Å². The van der Waals surface area contributed by atoms with Gasteiger partial charge in [0.05, 0.1) is 12.8 Å². The van der Waals surface area contributed by atoms with Gasteiger partial charge in [0.2, 0.25) is 0 Å². The van der Waals surface area contributed by atoms with Crippen molar-refractivity contribution in [3.8, 4) is 5.75 Å². The summed E-state index contributed by atoms with van der Waals surface area (Å²) in [6.07, 6.45) is 3.05. The number of benzene rings is 3. The zero-order valence-electron chi connectivity index (χ0n) is 18.8. The highest BCUT2D eigenvalue weighted by molar-refractivity contribution is 5.94. The second-order valence-electron chi connectivity index (χ2n) is 8.64. The fourth-order valence-electron chi connectivity index (χ4n) is 4.71. The lowest BCUT2D eigenvalue weighted by Gasteiger charge is -2.32. The van der Waals surface area contributed by atoms with Crippen molar-refractivity contribution in [3.05, 3.63) is 71.9 Å². The first kappa shape index (κ1) is 20.7. The van der Waals surface area contributed by atoms with Crippen molar-refractivity contribution in [1.29, 1.82) is 0 Å². The monoisotopic (exact) mass is 426 g/mol. The van der Waals surface area contributed by atoms with Gasteiger partial charge in [-0.15, -0.1) is 5.10 Å². The van der Waals surface area contributed by atoms with Gasteiger partial charge in [0.1, 0.15) is 5.75 Å². The molecule has 5 nitrogen and oxygen atoms in total. The molecule has 164 valence electrons. The van der Waals surface area contributed by atoms with Crippen LogP contribution >= 0.6 is 0 Å². The Balaban J connectivity index is 1.26. The molecule has 0 atom stereocenters. The van der Waals surface area contributed by atoms with Gasteiger partial charge in [0, 0.05) is 36.4 Å². The van der Waals surface area contributed by atoms with E-state index in [1.165, 1.54) is 16.3 Å². The molecule has 2 heterocycles. The molecule has 0 radical (unpaired) electrons. The van der Waals surface area contributed by atoms with Crippen molar-refractivity contribution in [1.82, 2.24) is 15.1 Å². The van der Waals surface area contributed by atoms with E-state index in [2.05, 4.69) is 81.9 Å². The van der Waals surface area contributed by atoms with E-state index in [9.17, 15) is 0 Å². The van der Waals surface area contributed by atoms with E-state index < -0.39 is 0 Å². The van der Waals surface area contributed by atoms with Gasteiger partial charge in [-0.1, -0.05) is 43.3 Å². The zero-order valence-corrected chi connectivity index (χ0v) is 18.8. The molecule has 0 bridgehead atoms. The van der Waals surface area contributed by atoms with Crippen LogP contribution in [0, 0.1) is 0 Å². The number of piperidine rings is 1. The number of ether oxygens (including phenoxy) is 1. The summed E-state index contributed by atoms with van der Waals surface area (Å²) < 4.78 is 5.46. The summed E-state index contributed by atoms with van der Waals surface area (Å²) in [7, 11) is 1.70. The normalized spacial score (nSPS) is 15.3. The lowest BCUT2D eigenvalue weighted by molar-refractivity contribution is 0.211. The second kappa shape index (κ2) is 9.13. The van der Waals surface area contributed by atoms with Crippen LogP contribution in [0.4, 0.5) is 5.82 Å². The minimum atomic E-state index is 0.402. The minimum Gasteiger partial charge on any atom is -0.497 e. The van der Waals surface area contributed by atoms with Crippen molar-refractivity contribution in [3.63, 3.8) is 0 Å². The van der Waals surface area contributed by atoms with Crippen LogP contribution in [0.3, 0.4) is 0 Å². The van der Waals surface area contributed by atoms with E-state index in [4.69, 9.17) is 4.74 Å². The molecule has 0 aliphatic carbocycles. The maximum absolute atomic E-state index is 5.46. The van der Waals surface area contributed by atoms with E-state index >= 15 is 0 Å². The van der Waals surface area contributed by atoms with Crippen LogP contribution in [0.1, 0.15) is 31.0 Å². The summed E-state index contributed by atoms with van der Waals surface area (Å²) in [5.74, 6) is 1.71. The lowest BCUT2D eigenvalue weighted by atomic mass is 10.0. The Labute approximate surface area is 189 Å². The Hall–Kier alpha value is -3.18. The molecule has 1 aromatic heterocycles. The second-order valence-corrected chi connectivity index (χ2v) is 8.64. The Morgan fingerprint density at radius 1 is 0.938 bits per heavy atom. The number of hydrogen-bond acceptors (Lipinski definition) is 5. The Morgan fingerprint density at radius 2 is 1.75 bits per heavy atom. The van der Waals surface area contributed by atoms with Crippen molar-refractivity contribution >= 4 is 27.4 Å². The van der Waals surface area contributed by atoms with Crippen LogP contribution in [0.2, 0.25) is 0 Å². The molecule has 5 heteroatoms. The average Bonchev–Trinajstić information content (AvgIpc) is 2.85. The van der Waals surface area contributed by atoms with Gasteiger partial charge in [-0.05, 0) is 59.9 Å². The minimum absolute atomic E-state index is 0.402. The highest BCUT2D eigenvalue weighted by Gasteiger charge is 2.21. The number of rotatable bonds is 6. The Bertz CT molecular complexity index is 1230. The van der Waals surface area contributed by atoms with Gasteiger partial charge in [-0.3, -0.25) is 4.90 Å². The molecule has 0 unspecified atom stereocenters. The third kappa shape index (κ3) is 4.26. The third-order valence-electron chi connectivity index (χ3n) is 6.55. The summed E-state index contributed by atoms with van der Waals surface area (Å²) in [5, 5.41) is 17.6. The highest BCUT2D eigenvalue weighted by Crippen LogP contribution is 2.29. The average molecular weight is 427 g/mol. The van der Waals surface area contributed by atoms with E-state index in [-0.39, 0.29) is 0 Å². The highest BCUT2D eigenvalue weighted by atomic mass is 16.5. The lowest BCUT2D eigenvalue weighted by Crippen LogP contribution is -2.38. The molecule has 5 rings (SSSR count). The van der Waals surface area contributed by atoms with Crippen molar-refractivity contribution in [2.24, 2.45) is 0 Å². The summed E-state index contributed by atoms with van der Waals surface area (Å²) in [4.78, 5) is 2.55. The van der Waals surface area contributed by atoms with Gasteiger partial charge in [-0.25, -0.2) is 0 Å². The van der Waals surface area contributed by atoms with Gasteiger partial charge in [-0.2, -0.15) is 5.10 Å². The van der Waals surface area contributed by atoms with Gasteiger partial charge >= 0.3 is 0 Å². The topological polar surface area (TPSA) is 50.3 Å². The van der Waals surface area contributed by atoms with E-state index in [0.717, 1.165) is 66.9 Å². The number of nitrogens with one attached hydrogen (secondary N) is 1. The summed E-state index contributed by atoms with van der Waals surface area (Å²) in [6, 6.07) is 22.0. The summed E-state index contributed by atoms with van der Waals surface area (Å²) >= 11 is 0. The van der Waals surface area contributed by atoms with Crippen LogP contribution in [-0.4, -0.2) is 41.3 Å². The largest absolute Gasteiger partial charge is 0.497 e. The molecule has 1 saturated heterocycles. The first-order valence-corrected chi connectivity index (χ1v) is 11.5. The van der Waals surface area contributed by atoms with Crippen molar-refractivity contribution in [2.45, 2.75) is 38.8 Å². The van der Waals surface area contributed by atoms with Crippen LogP contribution in [-0.2, 0) is 13.0 Å². The predicted molar refractivity (Wildman–Crippen MR) is 131 cm³/mol. The molecular formula is C27H30N4O. The maximum atomic E-state index is 5.46. The molecule has 0 spiro atoms. The summed E-state index contributed by atoms with van der Waals surface area (Å²) in [5.41, 5.74) is 2.41. The number of aryl methyl sites for hydroxylation is 1. The smallest absolute Gasteiger partial charge is 0.156 e. The first-order valence-electron chi connectivity index (χ1n) is 11.5. The predicted octanol–water partition coefficient (Wildman–Crippen LogP) is 5.43. The number of hydrogen-bond donors (Lipinski definition) is 1. The number of likely N-dealkylation sites (tertiary alicyclic amines) is 1. The molecule has 4 aromatic rings. The fraction of sp³-hybridized carbons (Fsp3) is 0.333. The molecule has 3 aromatic carbocycles. The van der Waals surface area contributed by atoms with E-state index in [1.54, 1.807) is 7.11 Å². The Kier molecular flexibility index (Phi) is 5.91. The molecule has 0 amide bonds. The maximum Gasteiger partial charge on any atom is 0.156 e. The molecule has 1 aliphatic rings.